The van der Waals surface area contributed by atoms with E-state index in [0.29, 0.717) is 30.7 Å². The zero-order chi connectivity index (χ0) is 26.0. The molecule has 2 bridgehead atoms. The number of nitrogens with one attached hydrogen (secondary N) is 2. The van der Waals surface area contributed by atoms with Crippen LogP contribution in [0.4, 0.5) is 9.59 Å². The molecule has 2 N–H and O–H groups in total. The molecular weight excluding hydrogens is 498 g/mol. The number of halogens is 1. The van der Waals surface area contributed by atoms with E-state index in [-0.39, 0.29) is 29.3 Å². The first kappa shape index (κ1) is 27.1. The Hall–Kier alpha value is -2.53. The fourth-order valence-corrected chi connectivity index (χ4v) is 5.85. The van der Waals surface area contributed by atoms with Gasteiger partial charge in [-0.1, -0.05) is 11.6 Å². The molecule has 0 aromatic heterocycles. The summed E-state index contributed by atoms with van der Waals surface area (Å²) >= 11 is 5.83. The minimum atomic E-state index is -4.06. The molecule has 0 spiro atoms. The molecule has 194 valence electrons. The molecule has 2 aliphatic heterocycles. The number of hydrogen-bond donors (Lipinski definition) is 2. The number of esters is 1. The highest BCUT2D eigenvalue weighted by Crippen LogP contribution is 2.40. The lowest BCUT2D eigenvalue weighted by molar-refractivity contribution is -0.141. The van der Waals surface area contributed by atoms with E-state index in [4.69, 9.17) is 21.1 Å². The first-order valence-corrected chi connectivity index (χ1v) is 13.3. The van der Waals surface area contributed by atoms with Crippen molar-refractivity contribution in [1.82, 2.24) is 14.9 Å². The molecule has 3 rings (SSSR count). The van der Waals surface area contributed by atoms with Crippen molar-refractivity contribution in [3.8, 4) is 0 Å². The standard InChI is InChI=1S/C23H32ClN3O7S/c1-23(2,3)34-22(30)25-19(13-20(28)33-4)14-11-16-7-8-17(12-14)27(16)21(29)26-35(31,32)18-9-5-15(24)6-10-18/h5-6,9-10,14,16-17,19H,7-8,11-13H2,1-4H3,(H,25,30)(H,26,29)/t14?,16?,17?,19-/m1/s1. The molecule has 1 aromatic carbocycles. The third kappa shape index (κ3) is 7.00. The number of urea groups is 1. The van der Waals surface area contributed by atoms with E-state index >= 15 is 0 Å². The SMILES string of the molecule is COC(=O)C[C@@H](NC(=O)OC(C)(C)C)C1CC2CCC(C1)N2C(=O)NS(=O)(=O)c1ccc(Cl)cc1. The van der Waals surface area contributed by atoms with Crippen molar-refractivity contribution in [3.05, 3.63) is 29.3 Å². The number of rotatable bonds is 6. The van der Waals surface area contributed by atoms with Gasteiger partial charge in [-0.3, -0.25) is 4.79 Å². The van der Waals surface area contributed by atoms with Gasteiger partial charge in [-0.2, -0.15) is 0 Å². The summed E-state index contributed by atoms with van der Waals surface area (Å²) in [7, 11) is -2.78. The molecule has 12 heteroatoms. The van der Waals surface area contributed by atoms with E-state index < -0.39 is 39.8 Å². The number of sulfonamides is 1. The van der Waals surface area contributed by atoms with Crippen molar-refractivity contribution in [2.75, 3.05) is 7.11 Å². The highest BCUT2D eigenvalue weighted by atomic mass is 35.5. The molecule has 2 saturated heterocycles. The number of alkyl carbamates (subject to hydrolysis) is 1. The molecule has 10 nitrogen and oxygen atoms in total. The Morgan fingerprint density at radius 2 is 1.69 bits per heavy atom. The number of carbonyl (C=O) groups excluding carboxylic acids is 3. The van der Waals surface area contributed by atoms with E-state index in [2.05, 4.69) is 10.0 Å². The average molecular weight is 530 g/mol. The smallest absolute Gasteiger partial charge is 0.407 e. The fraction of sp³-hybridized carbons (Fsp3) is 0.609. The van der Waals surface area contributed by atoms with Crippen molar-refractivity contribution >= 4 is 39.7 Å². The molecule has 35 heavy (non-hydrogen) atoms. The van der Waals surface area contributed by atoms with Crippen LogP contribution in [0.25, 0.3) is 0 Å². The lowest BCUT2D eigenvalue weighted by Gasteiger charge is -2.41. The van der Waals surface area contributed by atoms with Crippen molar-refractivity contribution in [1.29, 1.82) is 0 Å². The summed E-state index contributed by atoms with van der Waals surface area (Å²) in [6.07, 6.45) is 1.75. The lowest BCUT2D eigenvalue weighted by Crippen LogP contribution is -2.55. The van der Waals surface area contributed by atoms with Crippen molar-refractivity contribution in [2.45, 2.75) is 81.5 Å². The summed E-state index contributed by atoms with van der Waals surface area (Å²) in [6, 6.07) is 3.87. The minimum Gasteiger partial charge on any atom is -0.469 e. The van der Waals surface area contributed by atoms with Gasteiger partial charge in [0.2, 0.25) is 0 Å². The molecule has 2 unspecified atom stereocenters. The van der Waals surface area contributed by atoms with Gasteiger partial charge < -0.3 is 19.7 Å². The number of ether oxygens (including phenoxy) is 2. The van der Waals surface area contributed by atoms with E-state index in [1.54, 1.807) is 25.7 Å². The van der Waals surface area contributed by atoms with Gasteiger partial charge in [-0.15, -0.1) is 0 Å². The largest absolute Gasteiger partial charge is 0.469 e. The monoisotopic (exact) mass is 529 g/mol. The van der Waals surface area contributed by atoms with Crippen molar-refractivity contribution < 1.29 is 32.3 Å². The van der Waals surface area contributed by atoms with Gasteiger partial charge in [0, 0.05) is 23.1 Å². The Kier molecular flexibility index (Phi) is 8.21. The van der Waals surface area contributed by atoms with Crippen LogP contribution >= 0.6 is 11.6 Å². The van der Waals surface area contributed by atoms with Crippen LogP contribution in [-0.2, 0) is 24.3 Å². The normalized spacial score (nSPS) is 22.8. The summed E-state index contributed by atoms with van der Waals surface area (Å²) in [5.74, 6) is -0.580. The van der Waals surface area contributed by atoms with Crippen LogP contribution in [0.5, 0.6) is 0 Å². The number of benzene rings is 1. The topological polar surface area (TPSA) is 131 Å². The minimum absolute atomic E-state index is 0.0308. The zero-order valence-corrected chi connectivity index (χ0v) is 21.8. The number of nitrogens with zero attached hydrogens (tertiary/aromatic N) is 1. The predicted octanol–water partition coefficient (Wildman–Crippen LogP) is 3.44. The molecule has 3 amide bonds. The van der Waals surface area contributed by atoms with Gasteiger partial charge in [-0.25, -0.2) is 22.7 Å². The van der Waals surface area contributed by atoms with Crippen LogP contribution in [0, 0.1) is 5.92 Å². The molecule has 2 aliphatic rings. The molecule has 0 radical (unpaired) electrons. The summed E-state index contributed by atoms with van der Waals surface area (Å²) in [6.45, 7) is 5.24. The highest BCUT2D eigenvalue weighted by molar-refractivity contribution is 7.90. The summed E-state index contributed by atoms with van der Waals surface area (Å²) in [4.78, 5) is 39.0. The van der Waals surface area contributed by atoms with Crippen molar-refractivity contribution in [3.63, 3.8) is 0 Å². The average Bonchev–Trinajstić information content (AvgIpc) is 3.01. The van der Waals surface area contributed by atoms with Gasteiger partial charge in [0.15, 0.2) is 0 Å². The highest BCUT2D eigenvalue weighted by Gasteiger charge is 2.46. The van der Waals surface area contributed by atoms with Crippen LogP contribution in [0.2, 0.25) is 5.02 Å². The lowest BCUT2D eigenvalue weighted by atomic mass is 9.83. The Labute approximate surface area is 210 Å². The maximum atomic E-state index is 13.0. The Morgan fingerprint density at radius 1 is 1.11 bits per heavy atom. The Balaban J connectivity index is 1.70. The number of piperidine rings is 1. The Morgan fingerprint density at radius 3 is 2.20 bits per heavy atom. The predicted molar refractivity (Wildman–Crippen MR) is 128 cm³/mol. The summed E-state index contributed by atoms with van der Waals surface area (Å²) in [5, 5.41) is 3.18. The zero-order valence-electron chi connectivity index (χ0n) is 20.2. The van der Waals surface area contributed by atoms with Crippen LogP contribution < -0.4 is 10.0 Å². The number of amides is 3. The molecule has 3 atom stereocenters. The molecule has 0 saturated carbocycles. The van der Waals surface area contributed by atoms with Gasteiger partial charge in [0.05, 0.1) is 18.4 Å². The second-order valence-corrected chi connectivity index (χ2v) is 12.0. The second-order valence-electron chi connectivity index (χ2n) is 9.92. The molecule has 1 aromatic rings. The quantitative estimate of drug-likeness (QED) is 0.539. The molecule has 2 fully saturated rings. The van der Waals surface area contributed by atoms with Crippen molar-refractivity contribution in [2.24, 2.45) is 5.92 Å². The van der Waals surface area contributed by atoms with E-state index in [0.717, 1.165) is 0 Å². The fourth-order valence-electron chi connectivity index (χ4n) is 4.78. The molecular formula is C23H32ClN3O7S. The van der Waals surface area contributed by atoms with E-state index in [9.17, 15) is 22.8 Å². The first-order valence-electron chi connectivity index (χ1n) is 11.5. The third-order valence-electron chi connectivity index (χ3n) is 6.24. The van der Waals surface area contributed by atoms with Gasteiger partial charge in [-0.05, 0) is 76.6 Å². The molecule has 0 aliphatic carbocycles. The number of methoxy groups -OCH3 is 1. The van der Waals surface area contributed by atoms with Crippen LogP contribution in [-0.4, -0.2) is 62.2 Å². The first-order chi connectivity index (χ1) is 16.3. The Bertz CT molecular complexity index is 1040. The van der Waals surface area contributed by atoms with Crippen LogP contribution in [0.3, 0.4) is 0 Å². The van der Waals surface area contributed by atoms with E-state index in [1.807, 2.05) is 0 Å². The van der Waals surface area contributed by atoms with Gasteiger partial charge in [0.25, 0.3) is 10.0 Å². The second kappa shape index (κ2) is 10.6. The summed E-state index contributed by atoms with van der Waals surface area (Å²) in [5.41, 5.74) is -0.698. The van der Waals surface area contributed by atoms with Gasteiger partial charge >= 0.3 is 18.1 Å². The third-order valence-corrected chi connectivity index (χ3v) is 7.82. The molecule has 2 heterocycles. The maximum Gasteiger partial charge on any atom is 0.407 e. The van der Waals surface area contributed by atoms with Crippen LogP contribution in [0.15, 0.2) is 29.2 Å². The number of carbonyl (C=O) groups is 3. The van der Waals surface area contributed by atoms with Gasteiger partial charge in [0.1, 0.15) is 5.60 Å². The number of hydrogen-bond acceptors (Lipinski definition) is 7. The number of fused-ring (bicyclic) bond motifs is 2. The summed E-state index contributed by atoms with van der Waals surface area (Å²) < 4.78 is 37.7. The maximum absolute atomic E-state index is 13.0. The van der Waals surface area contributed by atoms with Crippen LogP contribution in [0.1, 0.15) is 52.9 Å². The van der Waals surface area contributed by atoms with E-state index in [1.165, 1.54) is 31.4 Å².